The molecule has 0 spiro atoms. The number of hydrogen-bond acceptors (Lipinski definition) is 10. The fourth-order valence-corrected chi connectivity index (χ4v) is 6.93. The van der Waals surface area contributed by atoms with Gasteiger partial charge in [0, 0.05) is 37.3 Å². The molecule has 4 N–H and O–H groups in total. The van der Waals surface area contributed by atoms with E-state index in [9.17, 15) is 28.8 Å². The summed E-state index contributed by atoms with van der Waals surface area (Å²) >= 11 is 12.7. The molecule has 2 saturated heterocycles. The lowest BCUT2D eigenvalue weighted by Crippen LogP contribution is -2.31. The Bertz CT molecular complexity index is 1510. The number of carboxylic acid groups (broad SMARTS) is 2. The molecule has 2 aromatic rings. The zero-order valence-corrected chi connectivity index (χ0v) is 26.0. The zero-order chi connectivity index (χ0) is 32.0. The van der Waals surface area contributed by atoms with Gasteiger partial charge in [-0.2, -0.15) is 0 Å². The van der Waals surface area contributed by atoms with Crippen LogP contribution in [0.5, 0.6) is 0 Å². The van der Waals surface area contributed by atoms with Crippen molar-refractivity contribution in [2.45, 2.75) is 25.7 Å². The molecule has 12 nitrogen and oxygen atoms in total. The number of amides is 4. The Morgan fingerprint density at radius 1 is 0.682 bits per heavy atom. The maximum absolute atomic E-state index is 13.2. The van der Waals surface area contributed by atoms with Crippen LogP contribution in [0.15, 0.2) is 58.3 Å². The van der Waals surface area contributed by atoms with E-state index in [1.54, 1.807) is 12.1 Å². The Morgan fingerprint density at radius 2 is 1.07 bits per heavy atom. The van der Waals surface area contributed by atoms with Gasteiger partial charge in [-0.15, -0.1) is 0 Å². The third-order valence-corrected chi connectivity index (χ3v) is 9.29. The van der Waals surface area contributed by atoms with Gasteiger partial charge in [0.2, 0.25) is 11.8 Å². The molecular formula is C28H24N4O8S4. The number of carbonyl (C=O) groups excluding carboxylic acids is 4. The number of aromatic carboxylic acids is 2. The molecule has 2 heterocycles. The number of thiocarbonyl (C=S) groups is 2. The van der Waals surface area contributed by atoms with Crippen LogP contribution in [0.3, 0.4) is 0 Å². The van der Waals surface area contributed by atoms with Crippen molar-refractivity contribution in [1.29, 1.82) is 0 Å². The van der Waals surface area contributed by atoms with Gasteiger partial charge in [-0.1, -0.05) is 60.1 Å². The van der Waals surface area contributed by atoms with Gasteiger partial charge < -0.3 is 20.8 Å². The summed E-state index contributed by atoms with van der Waals surface area (Å²) < 4.78 is 0.488. The van der Waals surface area contributed by atoms with E-state index in [0.717, 1.165) is 23.5 Å². The maximum Gasteiger partial charge on any atom is 0.335 e. The molecule has 4 rings (SSSR count). The van der Waals surface area contributed by atoms with E-state index in [2.05, 4.69) is 10.6 Å². The van der Waals surface area contributed by atoms with E-state index in [4.69, 9.17) is 34.6 Å². The highest BCUT2D eigenvalue weighted by atomic mass is 32.2. The normalized spacial score (nSPS) is 16.5. The standard InChI is InChI=1S/C28H24N4O8S4/c33-19(29-17-7-1-5-15(13-17)25(37)38)9-3-11-31-23(35)21(43-27(31)41)22-24(36)32(28(42)44-22)12-4-10-20(34)30-18-8-2-6-16(14-18)26(39)40/h1-2,5-8,13-14H,3-4,9-12H2,(H,29,33)(H,30,34)(H,37,38)(H,39,40)/b22-21+. The minimum atomic E-state index is -1.11. The summed E-state index contributed by atoms with van der Waals surface area (Å²) in [5.41, 5.74) is 0.760. The first-order valence-electron chi connectivity index (χ1n) is 13.0. The maximum atomic E-state index is 13.2. The zero-order valence-electron chi connectivity index (χ0n) is 22.7. The lowest BCUT2D eigenvalue weighted by molar-refractivity contribution is -0.124. The average molecular weight is 673 g/mol. The molecule has 16 heteroatoms. The Morgan fingerprint density at radius 3 is 1.43 bits per heavy atom. The van der Waals surface area contributed by atoms with E-state index >= 15 is 0 Å². The number of anilines is 2. The molecule has 4 amide bonds. The molecule has 0 saturated carbocycles. The highest BCUT2D eigenvalue weighted by molar-refractivity contribution is 8.29. The van der Waals surface area contributed by atoms with Crippen LogP contribution in [0.1, 0.15) is 46.4 Å². The third-order valence-electron chi connectivity index (χ3n) is 6.26. The van der Waals surface area contributed by atoms with Crippen molar-refractivity contribution in [3.8, 4) is 0 Å². The van der Waals surface area contributed by atoms with Crippen LogP contribution in [-0.4, -0.2) is 77.3 Å². The van der Waals surface area contributed by atoms with Gasteiger partial charge >= 0.3 is 11.9 Å². The summed E-state index contributed by atoms with van der Waals surface area (Å²) in [6.45, 7) is 0.281. The molecule has 0 unspecified atom stereocenters. The largest absolute Gasteiger partial charge is 0.478 e. The monoisotopic (exact) mass is 672 g/mol. The van der Waals surface area contributed by atoms with Crippen LogP contribution in [0.4, 0.5) is 11.4 Å². The van der Waals surface area contributed by atoms with E-state index in [-0.39, 0.29) is 80.2 Å². The summed E-state index contributed by atoms with van der Waals surface area (Å²) in [6.07, 6.45) is 0.635. The molecule has 0 radical (unpaired) electrons. The molecule has 0 atom stereocenters. The number of hydrogen-bond donors (Lipinski definition) is 4. The molecule has 0 aromatic heterocycles. The van der Waals surface area contributed by atoms with Crippen LogP contribution in [0, 0.1) is 0 Å². The highest BCUT2D eigenvalue weighted by Gasteiger charge is 2.41. The van der Waals surface area contributed by atoms with Gasteiger partial charge in [0.15, 0.2) is 0 Å². The first-order valence-corrected chi connectivity index (χ1v) is 15.5. The predicted octanol–water partition coefficient (Wildman–Crippen LogP) is 4.15. The summed E-state index contributed by atoms with van der Waals surface area (Å²) in [7, 11) is 0. The summed E-state index contributed by atoms with van der Waals surface area (Å²) in [5, 5.41) is 23.4. The molecule has 228 valence electrons. The topological polar surface area (TPSA) is 173 Å². The van der Waals surface area contributed by atoms with Crippen molar-refractivity contribution in [2.24, 2.45) is 0 Å². The average Bonchev–Trinajstić information content (AvgIpc) is 3.42. The minimum absolute atomic E-state index is 0.0388. The third kappa shape index (κ3) is 8.07. The van der Waals surface area contributed by atoms with Crippen LogP contribution in [-0.2, 0) is 19.2 Å². The van der Waals surface area contributed by atoms with Gasteiger partial charge in [-0.3, -0.25) is 29.0 Å². The van der Waals surface area contributed by atoms with Crippen molar-refractivity contribution in [3.05, 3.63) is 69.5 Å². The van der Waals surface area contributed by atoms with Crippen LogP contribution in [0.25, 0.3) is 0 Å². The number of benzene rings is 2. The van der Waals surface area contributed by atoms with Gasteiger partial charge in [-0.25, -0.2) is 9.59 Å². The first kappa shape index (κ1) is 32.8. The van der Waals surface area contributed by atoms with Crippen LogP contribution < -0.4 is 10.6 Å². The number of carboxylic acids is 2. The number of nitrogens with one attached hydrogen (secondary N) is 2. The van der Waals surface area contributed by atoms with Crippen LogP contribution in [0.2, 0.25) is 0 Å². The molecule has 44 heavy (non-hydrogen) atoms. The summed E-state index contributed by atoms with van der Waals surface area (Å²) in [5.74, 6) is -3.87. The van der Waals surface area contributed by atoms with Gasteiger partial charge in [0.1, 0.15) is 8.64 Å². The number of thioether (sulfide) groups is 2. The number of rotatable bonds is 12. The van der Waals surface area contributed by atoms with Gasteiger partial charge in [-0.05, 0) is 49.2 Å². The lowest BCUT2D eigenvalue weighted by atomic mass is 10.2. The van der Waals surface area contributed by atoms with Gasteiger partial charge in [0.25, 0.3) is 11.8 Å². The van der Waals surface area contributed by atoms with Crippen molar-refractivity contribution in [2.75, 3.05) is 23.7 Å². The van der Waals surface area contributed by atoms with E-state index < -0.39 is 23.8 Å². The van der Waals surface area contributed by atoms with Crippen molar-refractivity contribution in [1.82, 2.24) is 9.80 Å². The molecule has 2 aliphatic rings. The second kappa shape index (κ2) is 14.6. The number of nitrogens with zero attached hydrogens (tertiary/aromatic N) is 2. The second-order valence-corrected chi connectivity index (χ2v) is 12.7. The molecule has 0 bridgehead atoms. The minimum Gasteiger partial charge on any atom is -0.478 e. The van der Waals surface area contributed by atoms with Gasteiger partial charge in [0.05, 0.1) is 20.9 Å². The molecule has 2 fully saturated rings. The second-order valence-electron chi connectivity index (χ2n) is 9.38. The van der Waals surface area contributed by atoms with Crippen molar-refractivity contribution < 1.29 is 39.0 Å². The van der Waals surface area contributed by atoms with E-state index in [0.29, 0.717) is 11.4 Å². The van der Waals surface area contributed by atoms with E-state index in [1.165, 1.54) is 46.2 Å². The fourth-order valence-electron chi connectivity index (χ4n) is 4.16. The first-order chi connectivity index (χ1) is 20.9. The Labute approximate surface area is 270 Å². The molecule has 0 aliphatic carbocycles. The van der Waals surface area contributed by atoms with Crippen molar-refractivity contribution in [3.63, 3.8) is 0 Å². The van der Waals surface area contributed by atoms with E-state index in [1.807, 2.05) is 0 Å². The SMILES string of the molecule is O=C(CCCN1C(=O)/C(=C2\SC(=S)N(CCCC(=O)Nc3cccc(C(=O)O)c3)C2=O)SC1=S)Nc1cccc(C(=O)O)c1. The number of carbonyl (C=O) groups is 6. The molecule has 2 aromatic carbocycles. The highest BCUT2D eigenvalue weighted by Crippen LogP contribution is 2.42. The lowest BCUT2D eigenvalue weighted by Gasteiger charge is -2.15. The Kier molecular flexibility index (Phi) is 10.9. The smallest absolute Gasteiger partial charge is 0.335 e. The van der Waals surface area contributed by atoms with Crippen LogP contribution >= 0.6 is 48.0 Å². The summed E-state index contributed by atoms with van der Waals surface area (Å²) in [4.78, 5) is 76.2. The Hall–Kier alpha value is -4.12. The summed E-state index contributed by atoms with van der Waals surface area (Å²) in [6, 6.07) is 11.7. The molecular weight excluding hydrogens is 649 g/mol. The fraction of sp³-hybridized carbons (Fsp3) is 0.214. The Balaban J connectivity index is 1.27. The predicted molar refractivity (Wildman–Crippen MR) is 173 cm³/mol. The van der Waals surface area contributed by atoms with Crippen molar-refractivity contribution >= 4 is 104 Å². The quantitative estimate of drug-likeness (QED) is 0.188. The molecule has 2 aliphatic heterocycles.